The lowest BCUT2D eigenvalue weighted by molar-refractivity contribution is -0.130. The van der Waals surface area contributed by atoms with Crippen LogP contribution in [0.15, 0.2) is 12.1 Å². The van der Waals surface area contributed by atoms with Crippen molar-refractivity contribution in [2.75, 3.05) is 32.1 Å². The van der Waals surface area contributed by atoms with Crippen LogP contribution in [0.1, 0.15) is 30.0 Å². The number of methoxy groups -OCH3 is 1. The number of carbonyl (C=O) groups excluding carboxylic acids is 2. The fourth-order valence-corrected chi connectivity index (χ4v) is 2.44. The number of benzene rings is 1. The smallest absolute Gasteiger partial charge is 0.226 e. The van der Waals surface area contributed by atoms with Crippen molar-refractivity contribution in [3.05, 3.63) is 28.8 Å². The van der Waals surface area contributed by atoms with Crippen LogP contribution in [0.5, 0.6) is 0 Å². The number of hydrogen-bond donors (Lipinski definition) is 1. The van der Waals surface area contributed by atoms with Gasteiger partial charge in [-0.2, -0.15) is 0 Å². The Labute approximate surface area is 132 Å². The number of amides is 2. The van der Waals surface area contributed by atoms with Crippen molar-refractivity contribution < 1.29 is 14.3 Å². The van der Waals surface area contributed by atoms with Gasteiger partial charge in [-0.25, -0.2) is 0 Å². The third kappa shape index (κ3) is 5.48. The molecule has 0 bridgehead atoms. The van der Waals surface area contributed by atoms with Crippen LogP contribution in [0.3, 0.4) is 0 Å². The van der Waals surface area contributed by atoms with E-state index in [-0.39, 0.29) is 18.2 Å². The van der Waals surface area contributed by atoms with Gasteiger partial charge in [0, 0.05) is 39.2 Å². The zero-order chi connectivity index (χ0) is 16.7. The fourth-order valence-electron chi connectivity index (χ4n) is 2.44. The summed E-state index contributed by atoms with van der Waals surface area (Å²) in [4.78, 5) is 25.3. The van der Waals surface area contributed by atoms with Crippen molar-refractivity contribution in [2.24, 2.45) is 0 Å². The third-order valence-electron chi connectivity index (χ3n) is 3.56. The molecule has 0 spiro atoms. The van der Waals surface area contributed by atoms with E-state index in [2.05, 4.69) is 5.32 Å². The Morgan fingerprint density at radius 2 is 1.73 bits per heavy atom. The zero-order valence-corrected chi connectivity index (χ0v) is 14.2. The van der Waals surface area contributed by atoms with Gasteiger partial charge >= 0.3 is 0 Å². The number of anilines is 1. The molecule has 0 aliphatic rings. The van der Waals surface area contributed by atoms with Crippen molar-refractivity contribution in [3.63, 3.8) is 0 Å². The summed E-state index contributed by atoms with van der Waals surface area (Å²) in [5, 5.41) is 2.95. The molecule has 0 saturated carbocycles. The number of nitrogens with zero attached hydrogens (tertiary/aromatic N) is 1. The van der Waals surface area contributed by atoms with Crippen LogP contribution >= 0.6 is 0 Å². The minimum atomic E-state index is -0.0845. The van der Waals surface area contributed by atoms with E-state index >= 15 is 0 Å². The number of carbonyl (C=O) groups is 2. The molecule has 1 N–H and O–H groups in total. The minimum absolute atomic E-state index is 0.0486. The summed E-state index contributed by atoms with van der Waals surface area (Å²) in [6.45, 7) is 8.87. The van der Waals surface area contributed by atoms with Gasteiger partial charge in [0.1, 0.15) is 0 Å². The van der Waals surface area contributed by atoms with Crippen LogP contribution in [0.25, 0.3) is 0 Å². The first-order chi connectivity index (χ1) is 10.3. The number of nitrogens with one attached hydrogen (secondary N) is 1. The number of aryl methyl sites for hydroxylation is 3. The van der Waals surface area contributed by atoms with Gasteiger partial charge in [-0.1, -0.05) is 17.7 Å². The van der Waals surface area contributed by atoms with Gasteiger partial charge in [0.15, 0.2) is 0 Å². The van der Waals surface area contributed by atoms with Crippen molar-refractivity contribution in [2.45, 2.75) is 34.1 Å². The maximum absolute atomic E-state index is 12.1. The summed E-state index contributed by atoms with van der Waals surface area (Å²) in [5.74, 6) is -0.133. The van der Waals surface area contributed by atoms with Crippen molar-refractivity contribution in [1.29, 1.82) is 0 Å². The van der Waals surface area contributed by atoms with E-state index in [1.165, 1.54) is 12.5 Å². The molecule has 0 radical (unpaired) electrons. The van der Waals surface area contributed by atoms with E-state index in [1.807, 2.05) is 32.9 Å². The third-order valence-corrected chi connectivity index (χ3v) is 3.56. The molecule has 0 saturated heterocycles. The van der Waals surface area contributed by atoms with E-state index in [0.717, 1.165) is 16.8 Å². The zero-order valence-electron chi connectivity index (χ0n) is 14.2. The predicted molar refractivity (Wildman–Crippen MR) is 88.0 cm³/mol. The van der Waals surface area contributed by atoms with Crippen LogP contribution in [-0.2, 0) is 14.3 Å². The minimum Gasteiger partial charge on any atom is -0.383 e. The largest absolute Gasteiger partial charge is 0.383 e. The Bertz CT molecular complexity index is 518. The van der Waals surface area contributed by atoms with Gasteiger partial charge in [-0.15, -0.1) is 0 Å². The number of hydrogen-bond acceptors (Lipinski definition) is 3. The molecular formula is C17H26N2O3. The summed E-state index contributed by atoms with van der Waals surface area (Å²) in [5.41, 5.74) is 4.14. The summed E-state index contributed by atoms with van der Waals surface area (Å²) in [7, 11) is 1.59. The second-order valence-corrected chi connectivity index (χ2v) is 5.57. The lowest BCUT2D eigenvalue weighted by Crippen LogP contribution is -2.34. The standard InChI is InChI=1S/C17H26N2O3/c1-12-10-13(2)17(14(3)11-12)18-16(21)6-7-19(15(4)20)8-9-22-5/h10-11H,6-9H2,1-5H3,(H,18,21). The molecule has 0 unspecified atom stereocenters. The van der Waals surface area contributed by atoms with Crippen LogP contribution in [-0.4, -0.2) is 43.5 Å². The van der Waals surface area contributed by atoms with E-state index < -0.39 is 0 Å². The maximum Gasteiger partial charge on any atom is 0.226 e. The SMILES string of the molecule is COCCN(CCC(=O)Nc1c(C)cc(C)cc1C)C(C)=O. The average Bonchev–Trinajstić information content (AvgIpc) is 2.42. The molecule has 0 aliphatic heterocycles. The van der Waals surface area contributed by atoms with Gasteiger partial charge in [-0.05, 0) is 31.9 Å². The van der Waals surface area contributed by atoms with E-state index in [0.29, 0.717) is 19.7 Å². The highest BCUT2D eigenvalue weighted by Crippen LogP contribution is 2.22. The summed E-state index contributed by atoms with van der Waals surface area (Å²) in [6.07, 6.45) is 0.274. The Morgan fingerprint density at radius 3 is 2.23 bits per heavy atom. The van der Waals surface area contributed by atoms with Gasteiger partial charge in [0.25, 0.3) is 0 Å². The molecule has 1 rings (SSSR count). The van der Waals surface area contributed by atoms with Crippen LogP contribution < -0.4 is 5.32 Å². The topological polar surface area (TPSA) is 58.6 Å². The molecule has 0 atom stereocenters. The second-order valence-electron chi connectivity index (χ2n) is 5.57. The highest BCUT2D eigenvalue weighted by atomic mass is 16.5. The fraction of sp³-hybridized carbons (Fsp3) is 0.529. The molecular weight excluding hydrogens is 280 g/mol. The van der Waals surface area contributed by atoms with Crippen molar-refractivity contribution >= 4 is 17.5 Å². The lowest BCUT2D eigenvalue weighted by Gasteiger charge is -2.20. The Hall–Kier alpha value is -1.88. The summed E-state index contributed by atoms with van der Waals surface area (Å²) in [6, 6.07) is 4.09. The summed E-state index contributed by atoms with van der Waals surface area (Å²) >= 11 is 0. The van der Waals surface area contributed by atoms with Crippen molar-refractivity contribution in [3.8, 4) is 0 Å². The van der Waals surface area contributed by atoms with E-state index in [4.69, 9.17) is 4.74 Å². The molecule has 1 aromatic carbocycles. The maximum atomic E-state index is 12.1. The molecule has 0 heterocycles. The monoisotopic (exact) mass is 306 g/mol. The number of ether oxygens (including phenoxy) is 1. The Kier molecular flexibility index (Phi) is 7.05. The summed E-state index contributed by atoms with van der Waals surface area (Å²) < 4.78 is 4.97. The van der Waals surface area contributed by atoms with Crippen LogP contribution in [0, 0.1) is 20.8 Å². The highest BCUT2D eigenvalue weighted by Gasteiger charge is 2.12. The van der Waals surface area contributed by atoms with Crippen LogP contribution in [0.4, 0.5) is 5.69 Å². The van der Waals surface area contributed by atoms with E-state index in [9.17, 15) is 9.59 Å². The first kappa shape index (κ1) is 18.2. The quantitative estimate of drug-likeness (QED) is 0.841. The molecule has 5 nitrogen and oxygen atoms in total. The second kappa shape index (κ2) is 8.54. The number of rotatable bonds is 7. The van der Waals surface area contributed by atoms with Gasteiger partial charge in [0.05, 0.1) is 6.61 Å². The molecule has 2 amide bonds. The molecule has 5 heteroatoms. The van der Waals surface area contributed by atoms with Crippen molar-refractivity contribution in [1.82, 2.24) is 4.90 Å². The molecule has 22 heavy (non-hydrogen) atoms. The first-order valence-electron chi connectivity index (χ1n) is 7.47. The molecule has 1 aromatic rings. The van der Waals surface area contributed by atoms with Crippen LogP contribution in [0.2, 0.25) is 0 Å². The first-order valence-corrected chi connectivity index (χ1v) is 7.47. The van der Waals surface area contributed by atoms with E-state index in [1.54, 1.807) is 12.0 Å². The van der Waals surface area contributed by atoms with Gasteiger partial charge < -0.3 is 15.0 Å². The molecule has 122 valence electrons. The molecule has 0 aromatic heterocycles. The Morgan fingerprint density at radius 1 is 1.14 bits per heavy atom. The molecule has 0 fully saturated rings. The predicted octanol–water partition coefficient (Wildman–Crippen LogP) is 2.44. The van der Waals surface area contributed by atoms with Gasteiger partial charge in [-0.3, -0.25) is 9.59 Å². The van der Waals surface area contributed by atoms with Gasteiger partial charge in [0.2, 0.25) is 11.8 Å². The lowest BCUT2D eigenvalue weighted by atomic mass is 10.1. The Balaban J connectivity index is 2.61. The average molecular weight is 306 g/mol. The highest BCUT2D eigenvalue weighted by molar-refractivity contribution is 5.92. The normalized spacial score (nSPS) is 10.4. The molecule has 0 aliphatic carbocycles.